The summed E-state index contributed by atoms with van der Waals surface area (Å²) in [4.78, 5) is 35.6. The number of hydrogen-bond donors (Lipinski definition) is 2. The van der Waals surface area contributed by atoms with Crippen LogP contribution in [0.1, 0.15) is 6.92 Å². The Bertz CT molecular complexity index is 487. The molecule has 1 atom stereocenters. The molecule has 1 aromatic heterocycles. The molecule has 8 nitrogen and oxygen atoms in total. The molecule has 2 heterocycles. The number of urea groups is 1. The Hall–Kier alpha value is -2.22. The lowest BCUT2D eigenvalue weighted by atomic mass is 10.2. The van der Waals surface area contributed by atoms with Gasteiger partial charge in [0.05, 0.1) is 12.2 Å². The number of piperazine rings is 1. The highest BCUT2D eigenvalue weighted by Gasteiger charge is 2.26. The zero-order valence-electron chi connectivity index (χ0n) is 12.2. The minimum Gasteiger partial charge on any atom is -0.353 e. The van der Waals surface area contributed by atoms with E-state index in [-0.39, 0.29) is 11.9 Å². The number of anilines is 1. The highest BCUT2D eigenvalue weighted by atomic mass is 16.2. The van der Waals surface area contributed by atoms with Crippen LogP contribution < -0.4 is 15.5 Å². The van der Waals surface area contributed by atoms with Gasteiger partial charge in [-0.3, -0.25) is 20.0 Å². The lowest BCUT2D eigenvalue weighted by Gasteiger charge is -2.37. The van der Waals surface area contributed by atoms with E-state index in [2.05, 4.69) is 25.5 Å². The van der Waals surface area contributed by atoms with Gasteiger partial charge in [0.1, 0.15) is 5.82 Å². The molecule has 0 aromatic carbocycles. The van der Waals surface area contributed by atoms with Crippen molar-refractivity contribution in [3.05, 3.63) is 18.6 Å². The normalized spacial score (nSPS) is 17.1. The number of carbonyl (C=O) groups is 2. The van der Waals surface area contributed by atoms with Crippen LogP contribution >= 0.6 is 0 Å². The lowest BCUT2D eigenvalue weighted by molar-refractivity contribution is -0.124. The lowest BCUT2D eigenvalue weighted by Crippen LogP contribution is -2.55. The first-order chi connectivity index (χ1) is 10.1. The van der Waals surface area contributed by atoms with E-state index in [1.165, 1.54) is 7.05 Å². The highest BCUT2D eigenvalue weighted by molar-refractivity contribution is 5.96. The summed E-state index contributed by atoms with van der Waals surface area (Å²) in [6, 6.07) is -0.823. The highest BCUT2D eigenvalue weighted by Crippen LogP contribution is 2.13. The number of hydrogen-bond acceptors (Lipinski definition) is 6. The second-order valence-corrected chi connectivity index (χ2v) is 4.83. The Balaban J connectivity index is 1.86. The number of rotatable bonds is 3. The van der Waals surface area contributed by atoms with Crippen molar-refractivity contribution in [2.75, 3.05) is 38.1 Å². The summed E-state index contributed by atoms with van der Waals surface area (Å²) >= 11 is 0. The molecule has 0 spiro atoms. The Morgan fingerprint density at radius 2 is 1.95 bits per heavy atom. The molecular weight excluding hydrogens is 272 g/mol. The van der Waals surface area contributed by atoms with Gasteiger partial charge in [0.15, 0.2) is 0 Å². The zero-order chi connectivity index (χ0) is 15.2. The van der Waals surface area contributed by atoms with Crippen LogP contribution in [0, 0.1) is 0 Å². The number of aromatic nitrogens is 2. The molecule has 2 N–H and O–H groups in total. The minimum absolute atomic E-state index is 0.290. The maximum Gasteiger partial charge on any atom is 0.321 e. The third kappa shape index (κ3) is 3.88. The van der Waals surface area contributed by atoms with Crippen molar-refractivity contribution in [1.82, 2.24) is 25.5 Å². The molecule has 1 fully saturated rings. The predicted octanol–water partition coefficient (Wildman–Crippen LogP) is -0.557. The molecule has 2 rings (SSSR count). The molecule has 114 valence electrons. The second kappa shape index (κ2) is 6.98. The SMILES string of the molecule is CNC(=O)NC(=O)[C@H](C)N1CCN(c2cnccn2)CC1. The summed E-state index contributed by atoms with van der Waals surface area (Å²) in [6.07, 6.45) is 5.05. The average molecular weight is 292 g/mol. The molecule has 1 aliphatic heterocycles. The summed E-state index contributed by atoms with van der Waals surface area (Å²) in [5, 5.41) is 4.67. The molecule has 21 heavy (non-hydrogen) atoms. The predicted molar refractivity (Wildman–Crippen MR) is 77.9 cm³/mol. The van der Waals surface area contributed by atoms with Gasteiger partial charge < -0.3 is 10.2 Å². The fourth-order valence-corrected chi connectivity index (χ4v) is 2.24. The third-order valence-corrected chi connectivity index (χ3v) is 3.58. The fourth-order valence-electron chi connectivity index (χ4n) is 2.24. The van der Waals surface area contributed by atoms with Gasteiger partial charge in [0.2, 0.25) is 5.91 Å². The Morgan fingerprint density at radius 3 is 2.52 bits per heavy atom. The second-order valence-electron chi connectivity index (χ2n) is 4.83. The van der Waals surface area contributed by atoms with Gasteiger partial charge in [0.25, 0.3) is 0 Å². The first-order valence-electron chi connectivity index (χ1n) is 6.89. The van der Waals surface area contributed by atoms with Gasteiger partial charge in [-0.25, -0.2) is 9.78 Å². The Morgan fingerprint density at radius 1 is 1.24 bits per heavy atom. The quantitative estimate of drug-likeness (QED) is 0.776. The van der Waals surface area contributed by atoms with Crippen molar-refractivity contribution in [3.8, 4) is 0 Å². The number of nitrogens with zero attached hydrogens (tertiary/aromatic N) is 4. The molecule has 8 heteroatoms. The molecular formula is C13H20N6O2. The van der Waals surface area contributed by atoms with Crippen LogP contribution in [0.25, 0.3) is 0 Å². The molecule has 0 radical (unpaired) electrons. The molecule has 1 aromatic rings. The van der Waals surface area contributed by atoms with Crippen LogP contribution in [0.15, 0.2) is 18.6 Å². The monoisotopic (exact) mass is 292 g/mol. The average Bonchev–Trinajstić information content (AvgIpc) is 2.55. The van der Waals surface area contributed by atoms with Crippen molar-refractivity contribution in [2.24, 2.45) is 0 Å². The van der Waals surface area contributed by atoms with E-state index in [0.29, 0.717) is 0 Å². The maximum atomic E-state index is 11.9. The van der Waals surface area contributed by atoms with Gasteiger partial charge >= 0.3 is 6.03 Å². The first-order valence-corrected chi connectivity index (χ1v) is 6.89. The molecule has 0 unspecified atom stereocenters. The van der Waals surface area contributed by atoms with Crippen LogP contribution in [0.5, 0.6) is 0 Å². The van der Waals surface area contributed by atoms with Crippen molar-refractivity contribution >= 4 is 17.8 Å². The number of carbonyl (C=O) groups excluding carboxylic acids is 2. The zero-order valence-corrected chi connectivity index (χ0v) is 12.2. The summed E-state index contributed by atoms with van der Waals surface area (Å²) in [5.41, 5.74) is 0. The van der Waals surface area contributed by atoms with Gasteiger partial charge in [-0.1, -0.05) is 0 Å². The molecule has 0 aliphatic carbocycles. The van der Waals surface area contributed by atoms with E-state index < -0.39 is 6.03 Å². The van der Waals surface area contributed by atoms with Gasteiger partial charge in [-0.05, 0) is 6.92 Å². The smallest absolute Gasteiger partial charge is 0.321 e. The third-order valence-electron chi connectivity index (χ3n) is 3.58. The maximum absolute atomic E-state index is 11.9. The minimum atomic E-state index is -0.481. The van der Waals surface area contributed by atoms with Crippen molar-refractivity contribution < 1.29 is 9.59 Å². The van der Waals surface area contributed by atoms with E-state index in [1.54, 1.807) is 25.5 Å². The van der Waals surface area contributed by atoms with E-state index >= 15 is 0 Å². The van der Waals surface area contributed by atoms with Crippen LogP contribution in [0.3, 0.4) is 0 Å². The van der Waals surface area contributed by atoms with Crippen molar-refractivity contribution in [1.29, 1.82) is 0 Å². The van der Waals surface area contributed by atoms with Crippen LogP contribution in [0.4, 0.5) is 10.6 Å². The topological polar surface area (TPSA) is 90.5 Å². The number of amides is 3. The Kier molecular flexibility index (Phi) is 5.04. The fraction of sp³-hybridized carbons (Fsp3) is 0.538. The molecule has 3 amide bonds. The molecule has 0 saturated carbocycles. The van der Waals surface area contributed by atoms with E-state index in [9.17, 15) is 9.59 Å². The van der Waals surface area contributed by atoms with E-state index in [4.69, 9.17) is 0 Å². The molecule has 1 saturated heterocycles. The summed E-state index contributed by atoms with van der Waals surface area (Å²) in [5.74, 6) is 0.557. The first kappa shape index (κ1) is 15.2. The summed E-state index contributed by atoms with van der Waals surface area (Å²) in [7, 11) is 1.48. The number of nitrogens with one attached hydrogen (secondary N) is 2. The largest absolute Gasteiger partial charge is 0.353 e. The van der Waals surface area contributed by atoms with Crippen LogP contribution in [-0.4, -0.2) is 66.1 Å². The van der Waals surface area contributed by atoms with Gasteiger partial charge in [-0.15, -0.1) is 0 Å². The van der Waals surface area contributed by atoms with Gasteiger partial charge in [-0.2, -0.15) is 0 Å². The number of imide groups is 1. The van der Waals surface area contributed by atoms with Crippen molar-refractivity contribution in [2.45, 2.75) is 13.0 Å². The van der Waals surface area contributed by atoms with E-state index in [1.807, 2.05) is 4.90 Å². The van der Waals surface area contributed by atoms with Crippen molar-refractivity contribution in [3.63, 3.8) is 0 Å². The molecule has 0 bridgehead atoms. The van der Waals surface area contributed by atoms with Crippen LogP contribution in [0.2, 0.25) is 0 Å². The van der Waals surface area contributed by atoms with E-state index in [0.717, 1.165) is 32.0 Å². The summed E-state index contributed by atoms with van der Waals surface area (Å²) < 4.78 is 0. The Labute approximate surface area is 123 Å². The molecule has 1 aliphatic rings. The standard InChI is InChI=1S/C13H20N6O2/c1-10(12(20)17-13(21)14-2)18-5-7-19(8-6-18)11-9-15-3-4-16-11/h3-4,9-10H,5-8H2,1-2H3,(H2,14,17,20,21)/t10-/m0/s1. The summed E-state index contributed by atoms with van der Waals surface area (Å²) in [6.45, 7) is 4.82. The van der Waals surface area contributed by atoms with Crippen LogP contribution in [-0.2, 0) is 4.79 Å². The van der Waals surface area contributed by atoms with Gasteiger partial charge in [0, 0.05) is 45.6 Å².